The van der Waals surface area contributed by atoms with Crippen molar-refractivity contribution in [2.75, 3.05) is 5.32 Å². The maximum atomic E-state index is 11.9. The first kappa shape index (κ1) is 17.5. The molecule has 0 radical (unpaired) electrons. The van der Waals surface area contributed by atoms with Crippen LogP contribution in [0, 0.1) is 0 Å². The van der Waals surface area contributed by atoms with E-state index in [9.17, 15) is 9.59 Å². The van der Waals surface area contributed by atoms with Crippen LogP contribution in [0.2, 0.25) is 0 Å². The number of benzene rings is 2. The quantitative estimate of drug-likeness (QED) is 0.846. The van der Waals surface area contributed by atoms with E-state index < -0.39 is 17.7 Å². The van der Waals surface area contributed by atoms with Gasteiger partial charge in [0.1, 0.15) is 12.2 Å². The number of carbonyl (C=O) groups excluding carboxylic acids is 2. The first-order valence-electron chi connectivity index (χ1n) is 7.64. The van der Waals surface area contributed by atoms with Crippen LogP contribution in [-0.4, -0.2) is 17.7 Å². The molecule has 0 saturated heterocycles. The molecule has 2 aromatic carbocycles. The van der Waals surface area contributed by atoms with Gasteiger partial charge in [0.2, 0.25) is 0 Å². The molecule has 0 fully saturated rings. The number of rotatable bonds is 4. The monoisotopic (exact) mass is 327 g/mol. The molecule has 2 rings (SSSR count). The Morgan fingerprint density at radius 2 is 1.58 bits per heavy atom. The largest absolute Gasteiger partial charge is 0.456 e. The van der Waals surface area contributed by atoms with Crippen LogP contribution in [0.5, 0.6) is 0 Å². The summed E-state index contributed by atoms with van der Waals surface area (Å²) in [6.07, 6.45) is -0.552. The highest BCUT2D eigenvalue weighted by Gasteiger charge is 2.17. The molecule has 2 aromatic rings. The number of hydrogen-bond acceptors (Lipinski definition) is 4. The zero-order valence-corrected chi connectivity index (χ0v) is 14.0. The third kappa shape index (κ3) is 5.76. The lowest BCUT2D eigenvalue weighted by Crippen LogP contribution is -2.23. The van der Waals surface area contributed by atoms with E-state index in [0.29, 0.717) is 11.3 Å². The maximum Gasteiger partial charge on any atom is 0.411 e. The van der Waals surface area contributed by atoms with Gasteiger partial charge in [-0.3, -0.25) is 5.32 Å². The third-order valence-corrected chi connectivity index (χ3v) is 2.98. The van der Waals surface area contributed by atoms with Crippen molar-refractivity contribution in [3.8, 4) is 0 Å². The van der Waals surface area contributed by atoms with Gasteiger partial charge in [-0.05, 0) is 50.6 Å². The molecular weight excluding hydrogens is 306 g/mol. The number of carbonyl (C=O) groups is 2. The average molecular weight is 327 g/mol. The Bertz CT molecular complexity index is 688. The predicted molar refractivity (Wildman–Crippen MR) is 91.9 cm³/mol. The molecule has 0 aliphatic carbocycles. The predicted octanol–water partition coefficient (Wildman–Crippen LogP) is 4.39. The Hall–Kier alpha value is -2.82. The summed E-state index contributed by atoms with van der Waals surface area (Å²) in [5, 5.41) is 2.61. The number of esters is 1. The lowest BCUT2D eigenvalue weighted by molar-refractivity contribution is 0.00695. The molecule has 0 aromatic heterocycles. The van der Waals surface area contributed by atoms with Crippen LogP contribution in [0.4, 0.5) is 10.5 Å². The number of hydrogen-bond donors (Lipinski definition) is 1. The summed E-state index contributed by atoms with van der Waals surface area (Å²) in [6, 6.07) is 15.9. The van der Waals surface area contributed by atoms with Crippen LogP contribution in [0.1, 0.15) is 36.7 Å². The fourth-order valence-electron chi connectivity index (χ4n) is 1.90. The molecule has 0 spiro atoms. The second-order valence-corrected chi connectivity index (χ2v) is 6.27. The van der Waals surface area contributed by atoms with E-state index in [-0.39, 0.29) is 6.61 Å². The van der Waals surface area contributed by atoms with E-state index in [4.69, 9.17) is 9.47 Å². The van der Waals surface area contributed by atoms with Crippen molar-refractivity contribution >= 4 is 17.7 Å². The molecule has 126 valence electrons. The summed E-state index contributed by atoms with van der Waals surface area (Å²) in [4.78, 5) is 23.7. The van der Waals surface area contributed by atoms with E-state index >= 15 is 0 Å². The molecular formula is C19H21NO4. The van der Waals surface area contributed by atoms with Gasteiger partial charge in [-0.15, -0.1) is 0 Å². The topological polar surface area (TPSA) is 64.6 Å². The number of anilines is 1. The molecule has 0 unspecified atom stereocenters. The SMILES string of the molecule is CC(C)(C)OC(=O)c1ccc(NC(=O)OCc2ccccc2)cc1. The molecule has 1 N–H and O–H groups in total. The molecule has 0 heterocycles. The minimum absolute atomic E-state index is 0.197. The summed E-state index contributed by atoms with van der Waals surface area (Å²) in [5.41, 5.74) is 1.33. The van der Waals surface area contributed by atoms with Gasteiger partial charge < -0.3 is 9.47 Å². The van der Waals surface area contributed by atoms with Gasteiger partial charge in [0, 0.05) is 5.69 Å². The second-order valence-electron chi connectivity index (χ2n) is 6.27. The summed E-state index contributed by atoms with van der Waals surface area (Å²) in [5.74, 6) is -0.402. The molecule has 24 heavy (non-hydrogen) atoms. The van der Waals surface area contributed by atoms with Gasteiger partial charge in [-0.25, -0.2) is 9.59 Å². The fraction of sp³-hybridized carbons (Fsp3) is 0.263. The zero-order valence-electron chi connectivity index (χ0n) is 14.0. The normalized spacial score (nSPS) is 10.8. The van der Waals surface area contributed by atoms with Crippen molar-refractivity contribution in [1.29, 1.82) is 0 Å². The Morgan fingerprint density at radius 1 is 0.958 bits per heavy atom. The summed E-state index contributed by atoms with van der Waals surface area (Å²) >= 11 is 0. The summed E-state index contributed by atoms with van der Waals surface area (Å²) in [6.45, 7) is 5.62. The molecule has 0 aliphatic rings. The second kappa shape index (κ2) is 7.64. The molecule has 0 aliphatic heterocycles. The van der Waals surface area contributed by atoms with E-state index in [1.165, 1.54) is 0 Å². The van der Waals surface area contributed by atoms with Gasteiger partial charge in [0.25, 0.3) is 0 Å². The Morgan fingerprint density at radius 3 is 2.17 bits per heavy atom. The van der Waals surface area contributed by atoms with Gasteiger partial charge in [-0.2, -0.15) is 0 Å². The molecule has 5 nitrogen and oxygen atoms in total. The van der Waals surface area contributed by atoms with Gasteiger partial charge >= 0.3 is 12.1 Å². The van der Waals surface area contributed by atoms with Gasteiger partial charge in [0.15, 0.2) is 0 Å². The van der Waals surface area contributed by atoms with Crippen molar-refractivity contribution < 1.29 is 19.1 Å². The minimum Gasteiger partial charge on any atom is -0.456 e. The van der Waals surface area contributed by atoms with E-state index in [1.807, 2.05) is 51.1 Å². The van der Waals surface area contributed by atoms with E-state index in [2.05, 4.69) is 5.32 Å². The Labute approximate surface area is 141 Å². The molecule has 1 amide bonds. The minimum atomic E-state index is -0.552. The van der Waals surface area contributed by atoms with Gasteiger partial charge in [0.05, 0.1) is 5.56 Å². The number of nitrogens with one attached hydrogen (secondary N) is 1. The zero-order chi connectivity index (χ0) is 17.6. The number of ether oxygens (including phenoxy) is 2. The molecule has 0 bridgehead atoms. The lowest BCUT2D eigenvalue weighted by Gasteiger charge is -2.19. The summed E-state index contributed by atoms with van der Waals surface area (Å²) in [7, 11) is 0. The average Bonchev–Trinajstić information content (AvgIpc) is 2.53. The van der Waals surface area contributed by atoms with Crippen LogP contribution < -0.4 is 5.32 Å². The molecule has 0 saturated carbocycles. The Kier molecular flexibility index (Phi) is 5.58. The Balaban J connectivity index is 1.87. The highest BCUT2D eigenvalue weighted by atomic mass is 16.6. The van der Waals surface area contributed by atoms with E-state index in [0.717, 1.165) is 5.56 Å². The smallest absolute Gasteiger partial charge is 0.411 e. The van der Waals surface area contributed by atoms with Crippen molar-refractivity contribution in [3.05, 3.63) is 65.7 Å². The maximum absolute atomic E-state index is 11.9. The van der Waals surface area contributed by atoms with Crippen molar-refractivity contribution in [1.82, 2.24) is 0 Å². The fourth-order valence-corrected chi connectivity index (χ4v) is 1.90. The first-order chi connectivity index (χ1) is 11.3. The van der Waals surface area contributed by atoms with Crippen molar-refractivity contribution in [2.24, 2.45) is 0 Å². The van der Waals surface area contributed by atoms with Crippen LogP contribution in [0.3, 0.4) is 0 Å². The lowest BCUT2D eigenvalue weighted by atomic mass is 10.1. The summed E-state index contributed by atoms with van der Waals surface area (Å²) < 4.78 is 10.4. The highest BCUT2D eigenvalue weighted by Crippen LogP contribution is 2.15. The van der Waals surface area contributed by atoms with Crippen LogP contribution in [0.15, 0.2) is 54.6 Å². The number of amides is 1. The van der Waals surface area contributed by atoms with Crippen LogP contribution in [0.25, 0.3) is 0 Å². The molecule has 0 atom stereocenters. The highest BCUT2D eigenvalue weighted by molar-refractivity contribution is 5.91. The standard InChI is InChI=1S/C19H21NO4/c1-19(2,3)24-17(21)15-9-11-16(12-10-15)20-18(22)23-13-14-7-5-4-6-8-14/h4-12H,13H2,1-3H3,(H,20,22). The van der Waals surface area contributed by atoms with Crippen LogP contribution >= 0.6 is 0 Å². The third-order valence-electron chi connectivity index (χ3n) is 2.98. The van der Waals surface area contributed by atoms with E-state index in [1.54, 1.807) is 24.3 Å². The van der Waals surface area contributed by atoms with Crippen LogP contribution in [-0.2, 0) is 16.1 Å². The van der Waals surface area contributed by atoms with Crippen molar-refractivity contribution in [2.45, 2.75) is 33.0 Å². The van der Waals surface area contributed by atoms with Gasteiger partial charge in [-0.1, -0.05) is 30.3 Å². The first-order valence-corrected chi connectivity index (χ1v) is 7.64. The molecule has 5 heteroatoms. The van der Waals surface area contributed by atoms with Crippen molar-refractivity contribution in [3.63, 3.8) is 0 Å².